The third kappa shape index (κ3) is 5.15. The van der Waals surface area contributed by atoms with Crippen molar-refractivity contribution in [2.75, 3.05) is 11.9 Å². The van der Waals surface area contributed by atoms with Crippen LogP contribution >= 0.6 is 23.1 Å². The molecular formula is C17H14F3N5O2S2. The number of rotatable bonds is 7. The number of thioether (sulfide) groups is 1. The lowest BCUT2D eigenvalue weighted by Crippen LogP contribution is -2.37. The highest BCUT2D eigenvalue weighted by molar-refractivity contribution is 8.00. The highest BCUT2D eigenvalue weighted by atomic mass is 32.2. The summed E-state index contributed by atoms with van der Waals surface area (Å²) in [7, 11) is 0. The Labute approximate surface area is 171 Å². The summed E-state index contributed by atoms with van der Waals surface area (Å²) in [5.41, 5.74) is -0.521. The molecule has 0 bridgehead atoms. The zero-order valence-electron chi connectivity index (χ0n) is 14.8. The van der Waals surface area contributed by atoms with Gasteiger partial charge in [0.1, 0.15) is 0 Å². The number of hydrogen-bond donors (Lipinski definition) is 3. The first-order chi connectivity index (χ1) is 13.8. The van der Waals surface area contributed by atoms with E-state index >= 15 is 0 Å². The molecule has 0 aliphatic carbocycles. The van der Waals surface area contributed by atoms with E-state index in [1.54, 1.807) is 6.92 Å². The smallest absolute Gasteiger partial charge is 0.243 e. The summed E-state index contributed by atoms with van der Waals surface area (Å²) in [5, 5.41) is 12.9. The molecule has 3 aromatic rings. The number of nitrogens with one attached hydrogen (secondary N) is 3. The van der Waals surface area contributed by atoms with Gasteiger partial charge in [-0.25, -0.2) is 18.2 Å². The third-order valence-electron chi connectivity index (χ3n) is 3.60. The quantitative estimate of drug-likeness (QED) is 0.386. The van der Waals surface area contributed by atoms with Crippen molar-refractivity contribution in [2.45, 2.75) is 17.3 Å². The molecule has 0 aliphatic heterocycles. The van der Waals surface area contributed by atoms with Gasteiger partial charge in [-0.3, -0.25) is 14.7 Å². The first-order valence-electron chi connectivity index (χ1n) is 8.19. The van der Waals surface area contributed by atoms with Crippen LogP contribution in [0.15, 0.2) is 34.8 Å². The Balaban J connectivity index is 1.50. The van der Waals surface area contributed by atoms with E-state index < -0.39 is 46.7 Å². The first-order valence-corrected chi connectivity index (χ1v) is 9.95. The number of anilines is 1. The minimum Gasteiger partial charge on any atom is -0.346 e. The zero-order valence-corrected chi connectivity index (χ0v) is 16.5. The summed E-state index contributed by atoms with van der Waals surface area (Å²) in [4.78, 5) is 29.2. The van der Waals surface area contributed by atoms with Gasteiger partial charge in [0, 0.05) is 0 Å². The monoisotopic (exact) mass is 441 g/mol. The van der Waals surface area contributed by atoms with Crippen LogP contribution in [0.3, 0.4) is 0 Å². The Morgan fingerprint density at radius 2 is 2.03 bits per heavy atom. The molecule has 0 saturated heterocycles. The van der Waals surface area contributed by atoms with Crippen LogP contribution < -0.4 is 10.6 Å². The Bertz CT molecular complexity index is 1030. The molecule has 12 heteroatoms. The van der Waals surface area contributed by atoms with Crippen LogP contribution in [-0.2, 0) is 9.59 Å². The molecular weight excluding hydrogens is 427 g/mol. The number of aromatic amines is 1. The van der Waals surface area contributed by atoms with Crippen molar-refractivity contribution in [1.29, 1.82) is 0 Å². The van der Waals surface area contributed by atoms with Crippen molar-refractivity contribution >= 4 is 40.6 Å². The summed E-state index contributed by atoms with van der Waals surface area (Å²) < 4.78 is 39.6. The van der Waals surface area contributed by atoms with Crippen LogP contribution in [0.1, 0.15) is 6.92 Å². The van der Waals surface area contributed by atoms with Gasteiger partial charge in [0.05, 0.1) is 22.4 Å². The second-order valence-corrected chi connectivity index (χ2v) is 7.95. The summed E-state index contributed by atoms with van der Waals surface area (Å²) >= 11 is 2.58. The maximum absolute atomic E-state index is 13.6. The van der Waals surface area contributed by atoms with E-state index in [9.17, 15) is 22.8 Å². The Morgan fingerprint density at radius 1 is 1.24 bits per heavy atom. The van der Waals surface area contributed by atoms with Crippen LogP contribution in [0, 0.1) is 17.5 Å². The van der Waals surface area contributed by atoms with E-state index in [0.717, 1.165) is 22.7 Å². The second kappa shape index (κ2) is 9.09. The molecule has 2 aromatic heterocycles. The largest absolute Gasteiger partial charge is 0.346 e. The van der Waals surface area contributed by atoms with E-state index in [-0.39, 0.29) is 0 Å². The Hall–Kier alpha value is -2.86. The van der Waals surface area contributed by atoms with Crippen molar-refractivity contribution in [1.82, 2.24) is 20.5 Å². The number of aromatic nitrogens is 3. The summed E-state index contributed by atoms with van der Waals surface area (Å²) in [6.07, 6.45) is 0. The fourth-order valence-electron chi connectivity index (χ4n) is 2.16. The normalized spacial score (nSPS) is 11.9. The molecule has 1 atom stereocenters. The number of halogens is 3. The van der Waals surface area contributed by atoms with Gasteiger partial charge in [0.2, 0.25) is 17.0 Å². The highest BCUT2D eigenvalue weighted by Crippen LogP contribution is 2.25. The lowest BCUT2D eigenvalue weighted by molar-refractivity contribution is -0.123. The molecule has 7 nitrogen and oxygen atoms in total. The number of nitrogens with zero attached hydrogens (tertiary/aromatic N) is 2. The topological polar surface area (TPSA) is 99.8 Å². The number of carbonyl (C=O) groups excluding carboxylic acids is 2. The summed E-state index contributed by atoms with van der Waals surface area (Å²) in [6.45, 7) is 1.13. The lowest BCUT2D eigenvalue weighted by atomic mass is 10.2. The van der Waals surface area contributed by atoms with Crippen LogP contribution in [0.4, 0.5) is 18.9 Å². The van der Waals surface area contributed by atoms with Gasteiger partial charge < -0.3 is 10.6 Å². The second-order valence-electron chi connectivity index (χ2n) is 5.69. The van der Waals surface area contributed by atoms with Gasteiger partial charge in [-0.05, 0) is 30.5 Å². The molecule has 1 aromatic carbocycles. The van der Waals surface area contributed by atoms with Crippen LogP contribution in [0.2, 0.25) is 0 Å². The maximum atomic E-state index is 13.6. The van der Waals surface area contributed by atoms with Crippen LogP contribution in [0.5, 0.6) is 0 Å². The minimum absolute atomic E-state index is 0.365. The Morgan fingerprint density at radius 3 is 2.76 bits per heavy atom. The number of H-pyrrole nitrogens is 1. The van der Waals surface area contributed by atoms with Crippen molar-refractivity contribution in [3.63, 3.8) is 0 Å². The standard InChI is InChI=1S/C17H14F3N5O2S2/c1-8(29-17-23-15(24-25-17)11-3-2-6-28-11)16(27)21-7-12(26)22-10-5-4-9(18)13(19)14(10)20/h2-6,8H,7H2,1H3,(H,21,27)(H,22,26)(H,23,24,25)/t8-/m1/s1. The van der Waals surface area contributed by atoms with E-state index in [2.05, 4.69) is 25.8 Å². The molecule has 2 amide bonds. The summed E-state index contributed by atoms with van der Waals surface area (Å²) in [5.74, 6) is -5.25. The van der Waals surface area contributed by atoms with E-state index in [0.29, 0.717) is 17.0 Å². The molecule has 0 saturated carbocycles. The van der Waals surface area contributed by atoms with Gasteiger partial charge in [0.25, 0.3) is 0 Å². The molecule has 29 heavy (non-hydrogen) atoms. The molecule has 0 spiro atoms. The number of amides is 2. The highest BCUT2D eigenvalue weighted by Gasteiger charge is 2.19. The lowest BCUT2D eigenvalue weighted by Gasteiger charge is -2.11. The van der Waals surface area contributed by atoms with Crippen molar-refractivity contribution in [3.8, 4) is 10.7 Å². The molecule has 3 rings (SSSR count). The van der Waals surface area contributed by atoms with E-state index in [1.165, 1.54) is 11.3 Å². The van der Waals surface area contributed by atoms with Crippen molar-refractivity contribution in [3.05, 3.63) is 47.1 Å². The van der Waals surface area contributed by atoms with Crippen molar-refractivity contribution < 1.29 is 22.8 Å². The van der Waals surface area contributed by atoms with Crippen molar-refractivity contribution in [2.24, 2.45) is 0 Å². The molecule has 0 fully saturated rings. The predicted molar refractivity (Wildman–Crippen MR) is 103 cm³/mol. The number of carbonyl (C=O) groups is 2. The van der Waals surface area contributed by atoms with Crippen LogP contribution in [0.25, 0.3) is 10.7 Å². The molecule has 152 valence electrons. The molecule has 0 unspecified atom stereocenters. The fraction of sp³-hybridized carbons (Fsp3) is 0.176. The fourth-order valence-corrected chi connectivity index (χ4v) is 3.57. The average Bonchev–Trinajstić information content (AvgIpc) is 3.38. The van der Waals surface area contributed by atoms with Gasteiger partial charge in [-0.1, -0.05) is 17.8 Å². The van der Waals surface area contributed by atoms with Gasteiger partial charge in [-0.15, -0.1) is 16.4 Å². The zero-order chi connectivity index (χ0) is 21.0. The van der Waals surface area contributed by atoms with E-state index in [4.69, 9.17) is 0 Å². The minimum atomic E-state index is -1.69. The van der Waals surface area contributed by atoms with E-state index in [1.807, 2.05) is 17.5 Å². The third-order valence-corrected chi connectivity index (χ3v) is 5.44. The number of hydrogen-bond acceptors (Lipinski definition) is 6. The first kappa shape index (κ1) is 20.9. The van der Waals surface area contributed by atoms with Crippen LogP contribution in [-0.4, -0.2) is 38.8 Å². The van der Waals surface area contributed by atoms with Gasteiger partial charge >= 0.3 is 0 Å². The van der Waals surface area contributed by atoms with Gasteiger partial charge in [-0.2, -0.15) is 0 Å². The molecule has 2 heterocycles. The number of thiophene rings is 1. The Kier molecular flexibility index (Phi) is 6.54. The molecule has 0 radical (unpaired) electrons. The average molecular weight is 441 g/mol. The SMILES string of the molecule is C[C@@H](Sc1n[nH]c(-c2cccs2)n1)C(=O)NCC(=O)Nc1ccc(F)c(F)c1F. The van der Waals surface area contributed by atoms with Gasteiger partial charge in [0.15, 0.2) is 23.3 Å². The molecule has 3 N–H and O–H groups in total. The summed E-state index contributed by atoms with van der Waals surface area (Å²) in [6, 6.07) is 5.33. The maximum Gasteiger partial charge on any atom is 0.243 e. The predicted octanol–water partition coefficient (Wildman–Crippen LogP) is 3.19. The molecule has 0 aliphatic rings. The number of benzene rings is 1.